The molecule has 0 bridgehead atoms. The minimum atomic E-state index is -0.0967. The fourth-order valence-corrected chi connectivity index (χ4v) is 3.65. The molecule has 2 aromatic rings. The molecule has 6 heteroatoms. The molecule has 0 atom stereocenters. The highest BCUT2D eigenvalue weighted by atomic mass is 32.2. The summed E-state index contributed by atoms with van der Waals surface area (Å²) in [6, 6.07) is 15.6. The van der Waals surface area contributed by atoms with E-state index >= 15 is 0 Å². The van der Waals surface area contributed by atoms with Crippen molar-refractivity contribution in [1.29, 1.82) is 0 Å². The summed E-state index contributed by atoms with van der Waals surface area (Å²) in [7, 11) is 1.61. The molecule has 0 saturated carbocycles. The number of hydrogen-bond donors (Lipinski definition) is 1. The molecule has 0 aromatic heterocycles. The van der Waals surface area contributed by atoms with Crippen LogP contribution in [-0.2, 0) is 4.79 Å². The highest BCUT2D eigenvalue weighted by Crippen LogP contribution is 2.34. The molecule has 1 saturated heterocycles. The number of rotatable bonds is 5. The van der Waals surface area contributed by atoms with Gasteiger partial charge in [0.05, 0.1) is 18.7 Å². The molecule has 1 amide bonds. The van der Waals surface area contributed by atoms with Crippen molar-refractivity contribution in [1.82, 2.24) is 4.90 Å². The van der Waals surface area contributed by atoms with E-state index in [2.05, 4.69) is 5.32 Å². The minimum Gasteiger partial charge on any atom is -0.496 e. The van der Waals surface area contributed by atoms with Gasteiger partial charge in [-0.2, -0.15) is 0 Å². The van der Waals surface area contributed by atoms with E-state index < -0.39 is 0 Å². The van der Waals surface area contributed by atoms with Gasteiger partial charge in [0.25, 0.3) is 5.91 Å². The number of nitrogens with zero attached hydrogens (tertiary/aromatic N) is 1. The standard InChI is InChI=1S/C19H18N2O2S2/c1-13-7-9-15(10-8-13)20-12-21-18(22)17(25-19(21)24)11-14-5-3-4-6-16(14)23-2/h3-11,20H,12H2,1-2H3/b17-11-. The van der Waals surface area contributed by atoms with E-state index in [1.165, 1.54) is 17.3 Å². The Labute approximate surface area is 156 Å². The minimum absolute atomic E-state index is 0.0967. The maximum atomic E-state index is 12.7. The summed E-state index contributed by atoms with van der Waals surface area (Å²) >= 11 is 6.67. The molecule has 3 rings (SSSR count). The Kier molecular flexibility index (Phi) is 5.40. The lowest BCUT2D eigenvalue weighted by molar-refractivity contribution is -0.121. The van der Waals surface area contributed by atoms with Gasteiger partial charge >= 0.3 is 0 Å². The first-order chi connectivity index (χ1) is 12.1. The lowest BCUT2D eigenvalue weighted by atomic mass is 10.2. The number of methoxy groups -OCH3 is 1. The summed E-state index contributed by atoms with van der Waals surface area (Å²) in [6.45, 7) is 2.38. The van der Waals surface area contributed by atoms with Crippen LogP contribution >= 0.6 is 24.0 Å². The predicted molar refractivity (Wildman–Crippen MR) is 108 cm³/mol. The summed E-state index contributed by atoms with van der Waals surface area (Å²) in [5, 5.41) is 3.23. The van der Waals surface area contributed by atoms with Crippen LogP contribution in [0.3, 0.4) is 0 Å². The summed E-state index contributed by atoms with van der Waals surface area (Å²) in [5.74, 6) is 0.631. The van der Waals surface area contributed by atoms with Crippen molar-refractivity contribution in [3.05, 3.63) is 64.6 Å². The highest BCUT2D eigenvalue weighted by Gasteiger charge is 2.31. The maximum Gasteiger partial charge on any atom is 0.267 e. The summed E-state index contributed by atoms with van der Waals surface area (Å²) in [6.07, 6.45) is 1.82. The normalized spacial score (nSPS) is 15.8. The molecule has 1 fully saturated rings. The van der Waals surface area contributed by atoms with Gasteiger partial charge < -0.3 is 10.1 Å². The second-order valence-corrected chi connectivity index (χ2v) is 7.23. The number of anilines is 1. The first kappa shape index (κ1) is 17.5. The van der Waals surface area contributed by atoms with Gasteiger partial charge in [0, 0.05) is 11.3 Å². The average Bonchev–Trinajstić information content (AvgIpc) is 2.88. The largest absolute Gasteiger partial charge is 0.496 e. The Balaban J connectivity index is 1.73. The third-order valence-corrected chi connectivity index (χ3v) is 5.17. The Hall–Kier alpha value is -2.31. The SMILES string of the molecule is COc1ccccc1/C=C1\SC(=S)N(CNc2ccc(C)cc2)C1=O. The van der Waals surface area contributed by atoms with E-state index in [1.807, 2.05) is 61.5 Å². The van der Waals surface area contributed by atoms with Gasteiger partial charge in [0.1, 0.15) is 10.1 Å². The predicted octanol–water partition coefficient (Wildman–Crippen LogP) is 4.27. The second kappa shape index (κ2) is 7.72. The Morgan fingerprint density at radius 2 is 1.92 bits per heavy atom. The molecule has 1 aliphatic heterocycles. The van der Waals surface area contributed by atoms with Crippen molar-refractivity contribution < 1.29 is 9.53 Å². The Bertz CT molecular complexity index is 832. The van der Waals surface area contributed by atoms with Crippen LogP contribution in [0.1, 0.15) is 11.1 Å². The molecule has 1 aliphatic rings. The first-order valence-electron chi connectivity index (χ1n) is 7.77. The van der Waals surface area contributed by atoms with E-state index in [0.717, 1.165) is 17.0 Å². The molecule has 1 N–H and O–H groups in total. The van der Waals surface area contributed by atoms with E-state index in [4.69, 9.17) is 17.0 Å². The topological polar surface area (TPSA) is 41.6 Å². The lowest BCUT2D eigenvalue weighted by Gasteiger charge is -2.16. The van der Waals surface area contributed by atoms with E-state index in [9.17, 15) is 4.79 Å². The van der Waals surface area contributed by atoms with Crippen molar-refractivity contribution in [3.63, 3.8) is 0 Å². The zero-order valence-electron chi connectivity index (χ0n) is 14.0. The number of carbonyl (C=O) groups is 1. The molecular weight excluding hydrogens is 352 g/mol. The number of nitrogens with one attached hydrogen (secondary N) is 1. The number of benzene rings is 2. The number of para-hydroxylation sites is 1. The van der Waals surface area contributed by atoms with Crippen molar-refractivity contribution in [2.45, 2.75) is 6.92 Å². The molecule has 0 spiro atoms. The third-order valence-electron chi connectivity index (χ3n) is 3.79. The van der Waals surface area contributed by atoms with Gasteiger partial charge in [-0.1, -0.05) is 59.9 Å². The molecule has 25 heavy (non-hydrogen) atoms. The number of hydrogen-bond acceptors (Lipinski definition) is 5. The van der Waals surface area contributed by atoms with Crippen molar-refractivity contribution in [2.24, 2.45) is 0 Å². The quantitative estimate of drug-likeness (QED) is 0.629. The van der Waals surface area contributed by atoms with Gasteiger partial charge in [0.15, 0.2) is 0 Å². The third kappa shape index (κ3) is 4.03. The van der Waals surface area contributed by atoms with Crippen molar-refractivity contribution in [2.75, 3.05) is 19.1 Å². The number of thiocarbonyl (C=S) groups is 1. The fourth-order valence-electron chi connectivity index (χ4n) is 2.40. The van der Waals surface area contributed by atoms with Crippen molar-refractivity contribution >= 4 is 46.0 Å². The number of amides is 1. The Morgan fingerprint density at radius 1 is 1.20 bits per heavy atom. The molecule has 2 aromatic carbocycles. The number of carbonyl (C=O) groups excluding carboxylic acids is 1. The van der Waals surface area contributed by atoms with E-state index in [1.54, 1.807) is 12.0 Å². The van der Waals surface area contributed by atoms with Crippen LogP contribution in [-0.4, -0.2) is 28.9 Å². The second-order valence-electron chi connectivity index (χ2n) is 5.55. The summed E-state index contributed by atoms with van der Waals surface area (Å²) in [4.78, 5) is 14.8. The fraction of sp³-hybridized carbons (Fsp3) is 0.158. The van der Waals surface area contributed by atoms with E-state index in [-0.39, 0.29) is 5.91 Å². The monoisotopic (exact) mass is 370 g/mol. The lowest BCUT2D eigenvalue weighted by Crippen LogP contribution is -2.33. The van der Waals surface area contributed by atoms with Crippen LogP contribution in [0.2, 0.25) is 0 Å². The van der Waals surface area contributed by atoms with Crippen LogP contribution in [0.25, 0.3) is 6.08 Å². The summed E-state index contributed by atoms with van der Waals surface area (Å²) < 4.78 is 5.88. The van der Waals surface area contributed by atoms with Crippen LogP contribution in [0.15, 0.2) is 53.4 Å². The molecule has 128 valence electrons. The highest BCUT2D eigenvalue weighted by molar-refractivity contribution is 8.26. The van der Waals surface area contributed by atoms with Gasteiger partial charge in [0.2, 0.25) is 0 Å². The van der Waals surface area contributed by atoms with Crippen LogP contribution in [0, 0.1) is 6.92 Å². The van der Waals surface area contributed by atoms with Gasteiger partial charge in [-0.15, -0.1) is 0 Å². The number of aryl methyl sites for hydroxylation is 1. The molecule has 1 heterocycles. The average molecular weight is 370 g/mol. The molecular formula is C19H18N2O2S2. The number of ether oxygens (including phenoxy) is 1. The van der Waals surface area contributed by atoms with Gasteiger partial charge in [-0.25, -0.2) is 0 Å². The van der Waals surface area contributed by atoms with Crippen LogP contribution in [0.4, 0.5) is 5.69 Å². The zero-order chi connectivity index (χ0) is 17.8. The van der Waals surface area contributed by atoms with Gasteiger partial charge in [-0.3, -0.25) is 9.69 Å². The molecule has 4 nitrogen and oxygen atoms in total. The van der Waals surface area contributed by atoms with E-state index in [0.29, 0.717) is 15.9 Å². The Morgan fingerprint density at radius 3 is 2.64 bits per heavy atom. The maximum absolute atomic E-state index is 12.7. The number of thioether (sulfide) groups is 1. The van der Waals surface area contributed by atoms with Gasteiger partial charge in [-0.05, 0) is 31.2 Å². The zero-order valence-corrected chi connectivity index (χ0v) is 15.6. The summed E-state index contributed by atoms with van der Waals surface area (Å²) in [5.41, 5.74) is 3.00. The smallest absolute Gasteiger partial charge is 0.267 e. The first-order valence-corrected chi connectivity index (χ1v) is 9.00. The van der Waals surface area contributed by atoms with Crippen molar-refractivity contribution in [3.8, 4) is 5.75 Å². The van der Waals surface area contributed by atoms with Crippen LogP contribution < -0.4 is 10.1 Å². The molecule has 0 unspecified atom stereocenters. The van der Waals surface area contributed by atoms with Crippen LogP contribution in [0.5, 0.6) is 5.75 Å². The molecule has 0 aliphatic carbocycles. The molecule has 0 radical (unpaired) electrons.